The maximum atomic E-state index is 12.1. The third-order valence-corrected chi connectivity index (χ3v) is 3.60. The number of benzene rings is 2. The lowest BCUT2D eigenvalue weighted by atomic mass is 10.0. The minimum absolute atomic E-state index is 0.375. The molecule has 0 saturated carbocycles. The van der Waals surface area contributed by atoms with E-state index in [1.165, 1.54) is 0 Å². The van der Waals surface area contributed by atoms with Crippen LogP contribution in [0.1, 0.15) is 11.1 Å². The second kappa shape index (κ2) is 6.04. The minimum Gasteiger partial charge on any atom is -0.493 e. The predicted octanol–water partition coefficient (Wildman–Crippen LogP) is 3.17. The van der Waals surface area contributed by atoms with Gasteiger partial charge in [0.05, 0.1) is 26.9 Å². The standard InChI is InChI=1S/C18H16O5/c1-20-15-9-11(10-16(21-2)17(15)22-3)8-13-12-6-4-5-7-14(12)23-18(13)19/h4-10H,1-3H3/b13-8+. The number of ether oxygens (including phenoxy) is 4. The van der Waals surface area contributed by atoms with Gasteiger partial charge < -0.3 is 18.9 Å². The summed E-state index contributed by atoms with van der Waals surface area (Å²) in [6.45, 7) is 0. The minimum atomic E-state index is -0.375. The molecular formula is C18H16O5. The highest BCUT2D eigenvalue weighted by molar-refractivity contribution is 6.26. The monoisotopic (exact) mass is 312 g/mol. The van der Waals surface area contributed by atoms with Crippen molar-refractivity contribution in [1.82, 2.24) is 0 Å². The van der Waals surface area contributed by atoms with Crippen molar-refractivity contribution in [3.05, 3.63) is 47.5 Å². The summed E-state index contributed by atoms with van der Waals surface area (Å²) in [7, 11) is 4.64. The maximum absolute atomic E-state index is 12.1. The van der Waals surface area contributed by atoms with E-state index in [1.807, 2.05) is 18.2 Å². The molecule has 1 heterocycles. The Kier molecular flexibility index (Phi) is 3.93. The van der Waals surface area contributed by atoms with Gasteiger partial charge in [-0.1, -0.05) is 18.2 Å². The van der Waals surface area contributed by atoms with Crippen LogP contribution in [0.4, 0.5) is 0 Å². The largest absolute Gasteiger partial charge is 0.493 e. The summed E-state index contributed by atoms with van der Waals surface area (Å²) in [5.41, 5.74) is 2.02. The van der Waals surface area contributed by atoms with E-state index >= 15 is 0 Å². The van der Waals surface area contributed by atoms with Crippen LogP contribution >= 0.6 is 0 Å². The van der Waals surface area contributed by atoms with Crippen LogP contribution in [0.3, 0.4) is 0 Å². The van der Waals surface area contributed by atoms with Crippen LogP contribution in [0.25, 0.3) is 11.6 Å². The van der Waals surface area contributed by atoms with E-state index < -0.39 is 0 Å². The molecule has 0 bridgehead atoms. The molecule has 2 aromatic carbocycles. The molecule has 0 radical (unpaired) electrons. The fraction of sp³-hybridized carbons (Fsp3) is 0.167. The molecule has 0 N–H and O–H groups in total. The summed E-state index contributed by atoms with van der Waals surface area (Å²) in [5, 5.41) is 0. The first-order valence-corrected chi connectivity index (χ1v) is 7.01. The predicted molar refractivity (Wildman–Crippen MR) is 86.0 cm³/mol. The number of para-hydroxylation sites is 1. The van der Waals surface area contributed by atoms with Gasteiger partial charge in [0, 0.05) is 5.56 Å². The Morgan fingerprint density at radius 3 is 2.22 bits per heavy atom. The van der Waals surface area contributed by atoms with Gasteiger partial charge in [0.1, 0.15) is 5.75 Å². The fourth-order valence-electron chi connectivity index (χ4n) is 2.53. The zero-order valence-electron chi connectivity index (χ0n) is 13.1. The highest BCUT2D eigenvalue weighted by Crippen LogP contribution is 2.40. The Labute approximate surface area is 134 Å². The molecule has 118 valence electrons. The lowest BCUT2D eigenvalue weighted by Gasteiger charge is -2.13. The molecule has 3 rings (SSSR count). The lowest BCUT2D eigenvalue weighted by Crippen LogP contribution is -2.00. The Hall–Kier alpha value is -2.95. The van der Waals surface area contributed by atoms with Gasteiger partial charge in [0.25, 0.3) is 0 Å². The Balaban J connectivity index is 2.11. The van der Waals surface area contributed by atoms with E-state index in [4.69, 9.17) is 18.9 Å². The Morgan fingerprint density at radius 2 is 1.61 bits per heavy atom. The van der Waals surface area contributed by atoms with Gasteiger partial charge in [0.15, 0.2) is 11.5 Å². The smallest absolute Gasteiger partial charge is 0.344 e. The molecule has 2 aromatic rings. The molecule has 5 heteroatoms. The van der Waals surface area contributed by atoms with Crippen molar-refractivity contribution >= 4 is 17.6 Å². The summed E-state index contributed by atoms with van der Waals surface area (Å²) in [6, 6.07) is 10.9. The zero-order chi connectivity index (χ0) is 16.4. The van der Waals surface area contributed by atoms with Crippen molar-refractivity contribution in [3.63, 3.8) is 0 Å². The molecule has 1 aliphatic heterocycles. The molecule has 5 nitrogen and oxygen atoms in total. The van der Waals surface area contributed by atoms with Crippen molar-refractivity contribution in [2.45, 2.75) is 0 Å². The van der Waals surface area contributed by atoms with E-state index in [0.29, 0.717) is 28.6 Å². The van der Waals surface area contributed by atoms with Crippen LogP contribution < -0.4 is 18.9 Å². The third kappa shape index (κ3) is 2.61. The van der Waals surface area contributed by atoms with Gasteiger partial charge in [-0.3, -0.25) is 0 Å². The summed E-state index contributed by atoms with van der Waals surface area (Å²) in [5.74, 6) is 1.75. The number of hydrogen-bond acceptors (Lipinski definition) is 5. The SMILES string of the molecule is COc1cc(/C=C2/C(=O)Oc3ccccc32)cc(OC)c1OC. The van der Waals surface area contributed by atoms with Gasteiger partial charge in [-0.15, -0.1) is 0 Å². The topological polar surface area (TPSA) is 54.0 Å². The Bertz CT molecular complexity index is 767. The second-order valence-corrected chi connectivity index (χ2v) is 4.90. The summed E-state index contributed by atoms with van der Waals surface area (Å²) in [6.07, 6.45) is 1.75. The molecule has 23 heavy (non-hydrogen) atoms. The van der Waals surface area contributed by atoms with Crippen molar-refractivity contribution in [2.75, 3.05) is 21.3 Å². The van der Waals surface area contributed by atoms with E-state index in [9.17, 15) is 4.79 Å². The number of rotatable bonds is 4. The van der Waals surface area contributed by atoms with Crippen molar-refractivity contribution in [2.24, 2.45) is 0 Å². The second-order valence-electron chi connectivity index (χ2n) is 4.90. The summed E-state index contributed by atoms with van der Waals surface area (Å²) >= 11 is 0. The van der Waals surface area contributed by atoms with E-state index in [0.717, 1.165) is 11.1 Å². The first-order valence-electron chi connectivity index (χ1n) is 7.01. The number of fused-ring (bicyclic) bond motifs is 1. The van der Waals surface area contributed by atoms with E-state index in [-0.39, 0.29) is 5.97 Å². The number of carbonyl (C=O) groups excluding carboxylic acids is 1. The van der Waals surface area contributed by atoms with Crippen LogP contribution in [-0.2, 0) is 4.79 Å². The fourth-order valence-corrected chi connectivity index (χ4v) is 2.53. The van der Waals surface area contributed by atoms with E-state index in [2.05, 4.69) is 0 Å². The lowest BCUT2D eigenvalue weighted by molar-refractivity contribution is -0.126. The molecule has 0 amide bonds. The quantitative estimate of drug-likeness (QED) is 0.493. The molecule has 0 fully saturated rings. The number of esters is 1. The van der Waals surface area contributed by atoms with Crippen LogP contribution in [0.5, 0.6) is 23.0 Å². The average molecular weight is 312 g/mol. The van der Waals surface area contributed by atoms with Gasteiger partial charge >= 0.3 is 5.97 Å². The van der Waals surface area contributed by atoms with Gasteiger partial charge in [-0.2, -0.15) is 0 Å². The number of methoxy groups -OCH3 is 3. The molecule has 0 unspecified atom stereocenters. The number of hydrogen-bond donors (Lipinski definition) is 0. The summed E-state index contributed by atoms with van der Waals surface area (Å²) in [4.78, 5) is 12.1. The molecule has 0 aliphatic carbocycles. The average Bonchev–Trinajstić information content (AvgIpc) is 2.89. The molecule has 0 aromatic heterocycles. The number of carbonyl (C=O) groups is 1. The highest BCUT2D eigenvalue weighted by atomic mass is 16.5. The van der Waals surface area contributed by atoms with Gasteiger partial charge in [0.2, 0.25) is 5.75 Å². The first-order chi connectivity index (χ1) is 11.2. The molecule has 1 aliphatic rings. The van der Waals surface area contributed by atoms with E-state index in [1.54, 1.807) is 45.6 Å². The highest BCUT2D eigenvalue weighted by Gasteiger charge is 2.26. The van der Waals surface area contributed by atoms with Crippen LogP contribution in [0, 0.1) is 0 Å². The van der Waals surface area contributed by atoms with Crippen LogP contribution in [0.2, 0.25) is 0 Å². The van der Waals surface area contributed by atoms with Crippen molar-refractivity contribution in [3.8, 4) is 23.0 Å². The molecule has 0 spiro atoms. The van der Waals surface area contributed by atoms with Crippen molar-refractivity contribution in [1.29, 1.82) is 0 Å². The molecule has 0 atom stereocenters. The van der Waals surface area contributed by atoms with Crippen LogP contribution in [-0.4, -0.2) is 27.3 Å². The van der Waals surface area contributed by atoms with Gasteiger partial charge in [-0.05, 0) is 29.8 Å². The molecule has 0 saturated heterocycles. The third-order valence-electron chi connectivity index (χ3n) is 3.60. The van der Waals surface area contributed by atoms with Crippen LogP contribution in [0.15, 0.2) is 36.4 Å². The van der Waals surface area contributed by atoms with Gasteiger partial charge in [-0.25, -0.2) is 4.79 Å². The first kappa shape index (κ1) is 15.0. The normalized spacial score (nSPS) is 14.4. The zero-order valence-corrected chi connectivity index (χ0v) is 13.1. The molecular weight excluding hydrogens is 296 g/mol. The summed E-state index contributed by atoms with van der Waals surface area (Å²) < 4.78 is 21.2. The van der Waals surface area contributed by atoms with Crippen molar-refractivity contribution < 1.29 is 23.7 Å². The Morgan fingerprint density at radius 1 is 0.957 bits per heavy atom. The maximum Gasteiger partial charge on any atom is 0.344 e.